The average Bonchev–Trinajstić information content (AvgIpc) is 2.45. The van der Waals surface area contributed by atoms with Crippen molar-refractivity contribution in [2.24, 2.45) is 5.73 Å². The number of nitrogens with two attached hydrogens (primary N) is 1. The van der Waals surface area contributed by atoms with Crippen LogP contribution in [0, 0.1) is 17.1 Å². The highest BCUT2D eigenvalue weighted by Gasteiger charge is 2.05. The quantitative estimate of drug-likeness (QED) is 0.927. The van der Waals surface area contributed by atoms with Crippen LogP contribution in [0.1, 0.15) is 29.7 Å². The molecule has 2 N–H and O–H groups in total. The topological polar surface area (TPSA) is 59.0 Å². The van der Waals surface area contributed by atoms with Crippen LogP contribution >= 0.6 is 0 Å². The van der Waals surface area contributed by atoms with Crippen molar-refractivity contribution in [2.75, 3.05) is 0 Å². The van der Waals surface area contributed by atoms with Crippen molar-refractivity contribution in [3.63, 3.8) is 0 Å². The van der Waals surface area contributed by atoms with E-state index < -0.39 is 0 Å². The summed E-state index contributed by atoms with van der Waals surface area (Å²) in [5.41, 5.74) is 7.73. The van der Waals surface area contributed by atoms with Gasteiger partial charge in [0.25, 0.3) is 0 Å². The second-order valence-corrected chi connectivity index (χ2v) is 4.56. The SMILES string of the molecule is C[C@@H](N)c1ccc(OCc2cc(F)ccc2C#N)cc1. The Morgan fingerprint density at radius 2 is 1.95 bits per heavy atom. The number of nitrogens with zero attached hydrogens (tertiary/aromatic N) is 1. The molecular weight excluding hydrogens is 255 g/mol. The second kappa shape index (κ2) is 6.18. The zero-order chi connectivity index (χ0) is 14.5. The third-order valence-corrected chi connectivity index (χ3v) is 2.99. The van der Waals surface area contributed by atoms with Crippen LogP contribution < -0.4 is 10.5 Å². The first-order chi connectivity index (χ1) is 9.60. The van der Waals surface area contributed by atoms with E-state index in [0.717, 1.165) is 5.56 Å². The van der Waals surface area contributed by atoms with Gasteiger partial charge in [-0.1, -0.05) is 12.1 Å². The summed E-state index contributed by atoms with van der Waals surface area (Å²) in [5.74, 6) is 0.275. The van der Waals surface area contributed by atoms with Gasteiger partial charge in [0.15, 0.2) is 0 Å². The fourth-order valence-corrected chi connectivity index (χ4v) is 1.82. The molecule has 0 heterocycles. The Kier molecular flexibility index (Phi) is 4.34. The number of benzene rings is 2. The van der Waals surface area contributed by atoms with Crippen LogP contribution in [-0.4, -0.2) is 0 Å². The first-order valence-electron chi connectivity index (χ1n) is 6.27. The molecule has 0 unspecified atom stereocenters. The highest BCUT2D eigenvalue weighted by atomic mass is 19.1. The molecule has 0 saturated heterocycles. The first kappa shape index (κ1) is 14.0. The van der Waals surface area contributed by atoms with E-state index in [1.807, 2.05) is 37.3 Å². The summed E-state index contributed by atoms with van der Waals surface area (Å²) in [7, 11) is 0. The van der Waals surface area contributed by atoms with E-state index in [4.69, 9.17) is 15.7 Å². The predicted molar refractivity (Wildman–Crippen MR) is 74.5 cm³/mol. The molecule has 1 atom stereocenters. The molecule has 0 aliphatic heterocycles. The zero-order valence-corrected chi connectivity index (χ0v) is 11.1. The van der Waals surface area contributed by atoms with Gasteiger partial charge in [-0.2, -0.15) is 5.26 Å². The molecule has 2 rings (SSSR count). The number of hydrogen-bond acceptors (Lipinski definition) is 3. The highest BCUT2D eigenvalue weighted by molar-refractivity contribution is 5.38. The van der Waals surface area contributed by atoms with Gasteiger partial charge in [0.2, 0.25) is 0 Å². The van der Waals surface area contributed by atoms with Gasteiger partial charge in [-0.05, 0) is 42.8 Å². The summed E-state index contributed by atoms with van der Waals surface area (Å²) < 4.78 is 18.7. The summed E-state index contributed by atoms with van der Waals surface area (Å²) in [5, 5.41) is 8.96. The first-order valence-corrected chi connectivity index (χ1v) is 6.27. The molecule has 0 aliphatic rings. The molecule has 2 aromatic carbocycles. The van der Waals surface area contributed by atoms with Crippen molar-refractivity contribution >= 4 is 0 Å². The molecule has 0 fully saturated rings. The molecule has 0 aliphatic carbocycles. The summed E-state index contributed by atoms with van der Waals surface area (Å²) in [6.07, 6.45) is 0. The number of hydrogen-bond donors (Lipinski definition) is 1. The number of nitriles is 1. The Morgan fingerprint density at radius 3 is 2.55 bits per heavy atom. The van der Waals surface area contributed by atoms with E-state index in [0.29, 0.717) is 16.9 Å². The molecule has 3 nitrogen and oxygen atoms in total. The Morgan fingerprint density at radius 1 is 1.25 bits per heavy atom. The van der Waals surface area contributed by atoms with Gasteiger partial charge in [0, 0.05) is 11.6 Å². The minimum absolute atomic E-state index is 0.0301. The van der Waals surface area contributed by atoms with E-state index in [1.165, 1.54) is 18.2 Å². The number of rotatable bonds is 4. The third kappa shape index (κ3) is 3.34. The predicted octanol–water partition coefficient (Wildman–Crippen LogP) is 3.30. The molecular formula is C16H15FN2O. The van der Waals surface area contributed by atoms with Gasteiger partial charge in [-0.15, -0.1) is 0 Å². The molecule has 2 aromatic rings. The van der Waals surface area contributed by atoms with Gasteiger partial charge in [0.1, 0.15) is 18.2 Å². The zero-order valence-electron chi connectivity index (χ0n) is 11.1. The van der Waals surface area contributed by atoms with Crippen LogP contribution in [0.5, 0.6) is 5.75 Å². The third-order valence-electron chi connectivity index (χ3n) is 2.99. The van der Waals surface area contributed by atoms with Gasteiger partial charge in [-0.3, -0.25) is 0 Å². The minimum Gasteiger partial charge on any atom is -0.489 e. The van der Waals surface area contributed by atoms with Gasteiger partial charge >= 0.3 is 0 Å². The molecule has 102 valence electrons. The van der Waals surface area contributed by atoms with E-state index in [-0.39, 0.29) is 18.5 Å². The second-order valence-electron chi connectivity index (χ2n) is 4.56. The smallest absolute Gasteiger partial charge is 0.123 e. The van der Waals surface area contributed by atoms with Crippen LogP contribution in [0.3, 0.4) is 0 Å². The molecule has 0 saturated carbocycles. The highest BCUT2D eigenvalue weighted by Crippen LogP contribution is 2.18. The van der Waals surface area contributed by atoms with Crippen LogP contribution in [0.25, 0.3) is 0 Å². The van der Waals surface area contributed by atoms with Crippen molar-refractivity contribution in [1.82, 2.24) is 0 Å². The van der Waals surface area contributed by atoms with Crippen LogP contribution in [0.15, 0.2) is 42.5 Å². The van der Waals surface area contributed by atoms with E-state index in [9.17, 15) is 4.39 Å². The maximum Gasteiger partial charge on any atom is 0.123 e. The number of ether oxygens (including phenoxy) is 1. The maximum atomic E-state index is 13.2. The van der Waals surface area contributed by atoms with Crippen LogP contribution in [0.2, 0.25) is 0 Å². The monoisotopic (exact) mass is 270 g/mol. The largest absolute Gasteiger partial charge is 0.489 e. The fourth-order valence-electron chi connectivity index (χ4n) is 1.82. The van der Waals surface area contributed by atoms with Crippen molar-refractivity contribution in [3.8, 4) is 11.8 Å². The Balaban J connectivity index is 2.09. The molecule has 0 radical (unpaired) electrons. The lowest BCUT2D eigenvalue weighted by Gasteiger charge is -2.10. The van der Waals surface area contributed by atoms with Crippen molar-refractivity contribution < 1.29 is 9.13 Å². The Bertz CT molecular complexity index is 630. The summed E-state index contributed by atoms with van der Waals surface area (Å²) >= 11 is 0. The van der Waals surface area contributed by atoms with Gasteiger partial charge in [0.05, 0.1) is 11.6 Å². The maximum absolute atomic E-state index is 13.2. The molecule has 0 amide bonds. The lowest BCUT2D eigenvalue weighted by atomic mass is 10.1. The molecule has 20 heavy (non-hydrogen) atoms. The lowest BCUT2D eigenvalue weighted by Crippen LogP contribution is -2.04. The van der Waals surface area contributed by atoms with E-state index in [1.54, 1.807) is 0 Å². The average molecular weight is 270 g/mol. The number of halogens is 1. The molecule has 4 heteroatoms. The fraction of sp³-hybridized carbons (Fsp3) is 0.188. The molecule has 0 aromatic heterocycles. The molecule has 0 bridgehead atoms. The normalized spacial score (nSPS) is 11.7. The Hall–Kier alpha value is -2.38. The lowest BCUT2D eigenvalue weighted by molar-refractivity contribution is 0.305. The van der Waals surface area contributed by atoms with E-state index in [2.05, 4.69) is 0 Å². The standard InChI is InChI=1S/C16H15FN2O/c1-11(19)12-3-6-16(7-4-12)20-10-14-8-15(17)5-2-13(14)9-18/h2-8,11H,10,19H2,1H3/t11-/m1/s1. The van der Waals surface area contributed by atoms with Crippen molar-refractivity contribution in [2.45, 2.75) is 19.6 Å². The summed E-state index contributed by atoms with van der Waals surface area (Å²) in [4.78, 5) is 0. The Labute approximate surface area is 117 Å². The van der Waals surface area contributed by atoms with Crippen LogP contribution in [-0.2, 0) is 6.61 Å². The van der Waals surface area contributed by atoms with Crippen molar-refractivity contribution in [3.05, 3.63) is 65.0 Å². The van der Waals surface area contributed by atoms with Gasteiger partial charge in [-0.25, -0.2) is 4.39 Å². The minimum atomic E-state index is -0.380. The summed E-state index contributed by atoms with van der Waals surface area (Å²) in [6, 6.07) is 13.4. The van der Waals surface area contributed by atoms with Crippen molar-refractivity contribution in [1.29, 1.82) is 5.26 Å². The van der Waals surface area contributed by atoms with Crippen LogP contribution in [0.4, 0.5) is 4.39 Å². The summed E-state index contributed by atoms with van der Waals surface area (Å²) in [6.45, 7) is 2.06. The van der Waals surface area contributed by atoms with E-state index >= 15 is 0 Å². The van der Waals surface area contributed by atoms with Gasteiger partial charge < -0.3 is 10.5 Å². The molecule has 0 spiro atoms.